The van der Waals surface area contributed by atoms with Gasteiger partial charge in [-0.05, 0) is 58.2 Å². The van der Waals surface area contributed by atoms with Crippen molar-refractivity contribution < 1.29 is 0 Å². The van der Waals surface area contributed by atoms with Gasteiger partial charge in [0.1, 0.15) is 0 Å². The summed E-state index contributed by atoms with van der Waals surface area (Å²) < 4.78 is 0.900. The van der Waals surface area contributed by atoms with E-state index >= 15 is 0 Å². The second-order valence-electron chi connectivity index (χ2n) is 4.87. The van der Waals surface area contributed by atoms with E-state index in [0.717, 1.165) is 15.7 Å². The Hall–Kier alpha value is -1.03. The molecular formula is C16H18BrClN2. The lowest BCUT2D eigenvalue weighted by Gasteiger charge is -2.30. The molecule has 0 aliphatic rings. The second kappa shape index (κ2) is 6.61. The molecule has 0 fully saturated rings. The first-order valence-electron chi connectivity index (χ1n) is 6.47. The molecule has 0 aliphatic heterocycles. The second-order valence-corrected chi connectivity index (χ2v) is 6.14. The summed E-state index contributed by atoms with van der Waals surface area (Å²) in [7, 11) is 2.06. The maximum absolute atomic E-state index is 6.18. The molecule has 2 nitrogen and oxygen atoms in total. The maximum Gasteiger partial charge on any atom is 0.0662 e. The number of hydrogen-bond donors (Lipinski definition) is 1. The normalized spacial score (nSPS) is 12.2. The number of rotatable bonds is 4. The molecule has 0 saturated heterocycles. The Kier molecular flexibility index (Phi) is 5.08. The van der Waals surface area contributed by atoms with E-state index in [4.69, 9.17) is 17.3 Å². The molecule has 4 heteroatoms. The zero-order valence-electron chi connectivity index (χ0n) is 11.6. The topological polar surface area (TPSA) is 29.3 Å². The Morgan fingerprint density at radius 3 is 2.60 bits per heavy atom. The molecular weight excluding hydrogens is 336 g/mol. The number of nitrogens with two attached hydrogens (primary N) is 1. The number of halogens is 2. The first kappa shape index (κ1) is 15.4. The molecule has 0 amide bonds. The summed E-state index contributed by atoms with van der Waals surface area (Å²) in [6, 6.07) is 14.5. The highest BCUT2D eigenvalue weighted by atomic mass is 79.9. The molecule has 0 heterocycles. The van der Waals surface area contributed by atoms with Crippen molar-refractivity contribution in [3.8, 4) is 0 Å². The number of aryl methyl sites for hydroxylation is 1. The van der Waals surface area contributed by atoms with E-state index in [1.54, 1.807) is 0 Å². The van der Waals surface area contributed by atoms with Gasteiger partial charge in [0, 0.05) is 23.8 Å². The Balaban J connectivity index is 2.33. The van der Waals surface area contributed by atoms with Crippen LogP contribution in [-0.2, 0) is 0 Å². The Bertz CT molecular complexity index is 601. The van der Waals surface area contributed by atoms with Crippen molar-refractivity contribution in [1.82, 2.24) is 0 Å². The Morgan fingerprint density at radius 2 is 2.00 bits per heavy atom. The van der Waals surface area contributed by atoms with E-state index < -0.39 is 0 Å². The minimum absolute atomic E-state index is 0.0994. The van der Waals surface area contributed by atoms with Crippen molar-refractivity contribution in [3.05, 3.63) is 63.1 Å². The molecule has 0 radical (unpaired) electrons. The molecule has 1 unspecified atom stereocenters. The van der Waals surface area contributed by atoms with Gasteiger partial charge in [-0.2, -0.15) is 0 Å². The minimum atomic E-state index is 0.0994. The first-order chi connectivity index (χ1) is 9.52. The zero-order chi connectivity index (χ0) is 14.7. The van der Waals surface area contributed by atoms with Crippen molar-refractivity contribution in [2.24, 2.45) is 5.73 Å². The summed E-state index contributed by atoms with van der Waals surface area (Å²) in [6.07, 6.45) is 0. The van der Waals surface area contributed by atoms with Gasteiger partial charge in [0.05, 0.1) is 11.1 Å². The van der Waals surface area contributed by atoms with Crippen LogP contribution in [0.1, 0.15) is 17.2 Å². The average molecular weight is 354 g/mol. The fourth-order valence-corrected chi connectivity index (χ4v) is 2.70. The molecule has 0 aliphatic carbocycles. The third kappa shape index (κ3) is 3.35. The van der Waals surface area contributed by atoms with Crippen molar-refractivity contribution in [2.45, 2.75) is 13.0 Å². The largest absolute Gasteiger partial charge is 0.366 e. The summed E-state index contributed by atoms with van der Waals surface area (Å²) in [6.45, 7) is 2.62. The number of benzene rings is 2. The van der Waals surface area contributed by atoms with Gasteiger partial charge in [0.15, 0.2) is 0 Å². The molecule has 2 rings (SSSR count). The monoisotopic (exact) mass is 352 g/mol. The number of anilines is 1. The van der Waals surface area contributed by atoms with Gasteiger partial charge in [-0.15, -0.1) is 0 Å². The van der Waals surface area contributed by atoms with Gasteiger partial charge in [0.2, 0.25) is 0 Å². The van der Waals surface area contributed by atoms with E-state index in [2.05, 4.69) is 65.1 Å². The first-order valence-corrected chi connectivity index (χ1v) is 7.64. The van der Waals surface area contributed by atoms with Gasteiger partial charge in [-0.3, -0.25) is 0 Å². The lowest BCUT2D eigenvalue weighted by atomic mass is 10.0. The van der Waals surface area contributed by atoms with E-state index in [9.17, 15) is 0 Å². The van der Waals surface area contributed by atoms with Gasteiger partial charge < -0.3 is 10.6 Å². The summed E-state index contributed by atoms with van der Waals surface area (Å²) in [5.74, 6) is 0. The Morgan fingerprint density at radius 1 is 1.25 bits per heavy atom. The summed E-state index contributed by atoms with van der Waals surface area (Å²) in [5.41, 5.74) is 9.48. The molecule has 20 heavy (non-hydrogen) atoms. The molecule has 1 atom stereocenters. The highest BCUT2D eigenvalue weighted by Crippen LogP contribution is 2.30. The molecule has 0 saturated carbocycles. The summed E-state index contributed by atoms with van der Waals surface area (Å²) >= 11 is 9.60. The molecule has 2 aromatic carbocycles. The number of hydrogen-bond acceptors (Lipinski definition) is 2. The van der Waals surface area contributed by atoms with Crippen LogP contribution < -0.4 is 10.6 Å². The summed E-state index contributed by atoms with van der Waals surface area (Å²) in [5, 5.41) is 0.707. The quantitative estimate of drug-likeness (QED) is 0.874. The minimum Gasteiger partial charge on any atom is -0.366 e. The molecule has 2 aromatic rings. The van der Waals surface area contributed by atoms with Crippen LogP contribution in [0.15, 0.2) is 46.9 Å². The smallest absolute Gasteiger partial charge is 0.0662 e. The van der Waals surface area contributed by atoms with E-state index in [0.29, 0.717) is 11.6 Å². The maximum atomic E-state index is 6.18. The molecule has 0 aromatic heterocycles. The standard InChI is InChI=1S/C16H18BrClN2/c1-11-4-3-5-13(8-11)20(2)16(10-19)12-6-7-14(17)15(18)9-12/h3-9,16H,10,19H2,1-2H3. The van der Waals surface area contributed by atoms with Crippen LogP contribution in [0, 0.1) is 6.92 Å². The third-order valence-corrected chi connectivity index (χ3v) is 4.66. The van der Waals surface area contributed by atoms with Crippen LogP contribution in [0.25, 0.3) is 0 Å². The number of likely N-dealkylation sites (N-methyl/N-ethyl adjacent to an activating group) is 1. The fourth-order valence-electron chi connectivity index (χ4n) is 2.26. The van der Waals surface area contributed by atoms with Gasteiger partial charge >= 0.3 is 0 Å². The SMILES string of the molecule is Cc1cccc(N(C)C(CN)c2ccc(Br)c(Cl)c2)c1. The number of nitrogens with zero attached hydrogens (tertiary/aromatic N) is 1. The average Bonchev–Trinajstić information content (AvgIpc) is 2.43. The Labute approximate surface area is 133 Å². The zero-order valence-corrected chi connectivity index (χ0v) is 13.9. The van der Waals surface area contributed by atoms with Crippen LogP contribution >= 0.6 is 27.5 Å². The third-order valence-electron chi connectivity index (χ3n) is 3.43. The van der Waals surface area contributed by atoms with Gasteiger partial charge in [-0.25, -0.2) is 0 Å². The van der Waals surface area contributed by atoms with E-state index in [-0.39, 0.29) is 6.04 Å². The van der Waals surface area contributed by atoms with Crippen LogP contribution in [0.5, 0.6) is 0 Å². The molecule has 0 spiro atoms. The van der Waals surface area contributed by atoms with Gasteiger partial charge in [-0.1, -0.05) is 29.8 Å². The highest BCUT2D eigenvalue weighted by Gasteiger charge is 2.17. The van der Waals surface area contributed by atoms with Crippen LogP contribution in [0.2, 0.25) is 5.02 Å². The van der Waals surface area contributed by atoms with Crippen molar-refractivity contribution in [3.63, 3.8) is 0 Å². The molecule has 2 N–H and O–H groups in total. The lowest BCUT2D eigenvalue weighted by Crippen LogP contribution is -2.30. The summed E-state index contributed by atoms with van der Waals surface area (Å²) in [4.78, 5) is 2.19. The van der Waals surface area contributed by atoms with Crippen molar-refractivity contribution in [2.75, 3.05) is 18.5 Å². The van der Waals surface area contributed by atoms with Crippen molar-refractivity contribution >= 4 is 33.2 Å². The predicted molar refractivity (Wildman–Crippen MR) is 90.5 cm³/mol. The van der Waals surface area contributed by atoms with E-state index in [1.807, 2.05) is 12.1 Å². The van der Waals surface area contributed by atoms with Crippen molar-refractivity contribution in [1.29, 1.82) is 0 Å². The highest BCUT2D eigenvalue weighted by molar-refractivity contribution is 9.10. The lowest BCUT2D eigenvalue weighted by molar-refractivity contribution is 0.680. The fraction of sp³-hybridized carbons (Fsp3) is 0.250. The van der Waals surface area contributed by atoms with E-state index in [1.165, 1.54) is 5.56 Å². The van der Waals surface area contributed by atoms with Crippen LogP contribution in [0.4, 0.5) is 5.69 Å². The molecule has 106 valence electrons. The molecule has 0 bridgehead atoms. The van der Waals surface area contributed by atoms with Gasteiger partial charge in [0.25, 0.3) is 0 Å². The van der Waals surface area contributed by atoms with Crippen LogP contribution in [0.3, 0.4) is 0 Å². The predicted octanol–water partition coefficient (Wildman–Crippen LogP) is 4.55. The van der Waals surface area contributed by atoms with Crippen LogP contribution in [-0.4, -0.2) is 13.6 Å².